The van der Waals surface area contributed by atoms with Crippen LogP contribution in [0, 0.1) is 12.7 Å². The molecule has 6 heteroatoms. The van der Waals surface area contributed by atoms with E-state index in [0.29, 0.717) is 5.56 Å². The van der Waals surface area contributed by atoms with Crippen molar-refractivity contribution in [1.82, 2.24) is 0 Å². The van der Waals surface area contributed by atoms with Gasteiger partial charge in [-0.1, -0.05) is 24.3 Å². The van der Waals surface area contributed by atoms with Crippen LogP contribution in [-0.4, -0.2) is 11.5 Å². The third-order valence-electron chi connectivity index (χ3n) is 2.69. The molecule has 106 valence electrons. The van der Waals surface area contributed by atoms with E-state index in [4.69, 9.17) is 0 Å². The predicted molar refractivity (Wildman–Crippen MR) is 64.9 cm³/mol. The summed E-state index contributed by atoms with van der Waals surface area (Å²) in [6.07, 6.45) is -4.93. The van der Waals surface area contributed by atoms with Gasteiger partial charge in [0.2, 0.25) is 0 Å². The van der Waals surface area contributed by atoms with Gasteiger partial charge in [0.05, 0.1) is 0 Å². The number of hydrogen-bond donors (Lipinski definition) is 1. The molecule has 2 aromatic carbocycles. The van der Waals surface area contributed by atoms with Gasteiger partial charge in [0.25, 0.3) is 0 Å². The number of halogens is 4. The lowest BCUT2D eigenvalue weighted by molar-refractivity contribution is -0.275. The summed E-state index contributed by atoms with van der Waals surface area (Å²) in [5.41, 5.74) is 0.689. The van der Waals surface area contributed by atoms with Crippen LogP contribution in [0.15, 0.2) is 36.4 Å². The summed E-state index contributed by atoms with van der Waals surface area (Å²) in [5.74, 6) is -1.97. The maximum atomic E-state index is 13.9. The molecule has 0 radical (unpaired) electrons. The van der Waals surface area contributed by atoms with Crippen molar-refractivity contribution in [2.75, 3.05) is 0 Å². The van der Waals surface area contributed by atoms with E-state index < -0.39 is 23.7 Å². The van der Waals surface area contributed by atoms with Crippen molar-refractivity contribution in [2.45, 2.75) is 13.3 Å². The van der Waals surface area contributed by atoms with Crippen molar-refractivity contribution in [3.8, 4) is 22.6 Å². The molecule has 0 aromatic heterocycles. The molecule has 0 aliphatic carbocycles. The zero-order valence-corrected chi connectivity index (χ0v) is 10.3. The Morgan fingerprint density at radius 1 is 1.10 bits per heavy atom. The Balaban J connectivity index is 2.49. The summed E-state index contributed by atoms with van der Waals surface area (Å²) in [6.45, 7) is 1.55. The minimum atomic E-state index is -4.93. The number of aryl methyl sites for hydroxylation is 1. The lowest BCUT2D eigenvalue weighted by Gasteiger charge is -2.12. The summed E-state index contributed by atoms with van der Waals surface area (Å²) >= 11 is 0. The van der Waals surface area contributed by atoms with Crippen molar-refractivity contribution in [2.24, 2.45) is 0 Å². The maximum Gasteiger partial charge on any atom is 0.573 e. The van der Waals surface area contributed by atoms with Gasteiger partial charge in [-0.25, -0.2) is 4.39 Å². The molecular formula is C14H10F4O2. The zero-order chi connectivity index (χ0) is 14.9. The Kier molecular flexibility index (Phi) is 3.57. The molecule has 0 unspecified atom stereocenters. The fourth-order valence-electron chi connectivity index (χ4n) is 1.76. The molecule has 0 amide bonds. The number of phenols is 1. The minimum Gasteiger partial charge on any atom is -0.504 e. The van der Waals surface area contributed by atoms with Crippen LogP contribution in [0.25, 0.3) is 11.1 Å². The molecule has 0 atom stereocenters. The molecule has 0 aliphatic heterocycles. The van der Waals surface area contributed by atoms with Gasteiger partial charge in [-0.15, -0.1) is 13.2 Å². The van der Waals surface area contributed by atoms with Crippen molar-refractivity contribution < 1.29 is 27.4 Å². The highest BCUT2D eigenvalue weighted by molar-refractivity contribution is 5.68. The Hall–Kier alpha value is -2.24. The molecule has 2 aromatic rings. The molecule has 20 heavy (non-hydrogen) atoms. The Bertz CT molecular complexity index is 636. The normalized spacial score (nSPS) is 11.4. The summed E-state index contributed by atoms with van der Waals surface area (Å²) in [4.78, 5) is 0. The van der Waals surface area contributed by atoms with Gasteiger partial charge < -0.3 is 9.84 Å². The lowest BCUT2D eigenvalue weighted by Crippen LogP contribution is -2.17. The van der Waals surface area contributed by atoms with Gasteiger partial charge in [-0.3, -0.25) is 0 Å². The first-order chi connectivity index (χ1) is 9.28. The van der Waals surface area contributed by atoms with Gasteiger partial charge in [0.1, 0.15) is 5.82 Å². The Labute approximate surface area is 112 Å². The topological polar surface area (TPSA) is 29.5 Å². The number of aromatic hydroxyl groups is 1. The highest BCUT2D eigenvalue weighted by Gasteiger charge is 2.32. The second-order valence-corrected chi connectivity index (χ2v) is 4.17. The second-order valence-electron chi connectivity index (χ2n) is 4.17. The van der Waals surface area contributed by atoms with Gasteiger partial charge in [0, 0.05) is 5.56 Å². The molecule has 0 heterocycles. The van der Waals surface area contributed by atoms with Crippen LogP contribution >= 0.6 is 0 Å². The average molecular weight is 286 g/mol. The fraction of sp³-hybridized carbons (Fsp3) is 0.143. The Morgan fingerprint density at radius 2 is 1.80 bits per heavy atom. The van der Waals surface area contributed by atoms with Crippen molar-refractivity contribution in [1.29, 1.82) is 0 Å². The van der Waals surface area contributed by atoms with Crippen LogP contribution in [-0.2, 0) is 0 Å². The molecule has 0 saturated heterocycles. The summed E-state index contributed by atoms with van der Waals surface area (Å²) in [6, 6.07) is 7.86. The van der Waals surface area contributed by atoms with E-state index in [1.807, 2.05) is 0 Å². The lowest BCUT2D eigenvalue weighted by atomic mass is 10.0. The van der Waals surface area contributed by atoms with E-state index in [-0.39, 0.29) is 11.1 Å². The third kappa shape index (κ3) is 3.01. The van der Waals surface area contributed by atoms with Gasteiger partial charge in [-0.2, -0.15) is 0 Å². The number of phenolic OH excluding ortho intramolecular Hbond substituents is 1. The largest absolute Gasteiger partial charge is 0.573 e. The van der Waals surface area contributed by atoms with E-state index in [0.717, 1.165) is 12.1 Å². The number of ether oxygens (including phenoxy) is 1. The smallest absolute Gasteiger partial charge is 0.504 e. The Morgan fingerprint density at radius 3 is 2.45 bits per heavy atom. The van der Waals surface area contributed by atoms with Crippen molar-refractivity contribution >= 4 is 0 Å². The third-order valence-corrected chi connectivity index (χ3v) is 2.69. The van der Waals surface area contributed by atoms with Gasteiger partial charge >= 0.3 is 6.36 Å². The number of alkyl halides is 3. The summed E-state index contributed by atoms with van der Waals surface area (Å²) in [7, 11) is 0. The molecule has 0 spiro atoms. The SMILES string of the molecule is Cc1cccc(-c2ccc(O)c(OC(F)(F)F)c2)c1F. The van der Waals surface area contributed by atoms with Crippen LogP contribution in [0.2, 0.25) is 0 Å². The fourth-order valence-corrected chi connectivity index (χ4v) is 1.76. The molecule has 0 saturated carbocycles. The van der Waals surface area contributed by atoms with E-state index in [2.05, 4.69) is 4.74 Å². The molecule has 2 rings (SSSR count). The van der Waals surface area contributed by atoms with Crippen molar-refractivity contribution in [3.63, 3.8) is 0 Å². The second kappa shape index (κ2) is 5.03. The van der Waals surface area contributed by atoms with Crippen LogP contribution in [0.3, 0.4) is 0 Å². The summed E-state index contributed by atoms with van der Waals surface area (Å²) < 4.78 is 54.2. The molecule has 1 N–H and O–H groups in total. The summed E-state index contributed by atoms with van der Waals surface area (Å²) in [5, 5.41) is 9.35. The first-order valence-corrected chi connectivity index (χ1v) is 5.62. The quantitative estimate of drug-likeness (QED) is 0.829. The molecule has 0 bridgehead atoms. The molecule has 2 nitrogen and oxygen atoms in total. The highest BCUT2D eigenvalue weighted by Crippen LogP contribution is 2.36. The van der Waals surface area contributed by atoms with Gasteiger partial charge in [0.15, 0.2) is 11.5 Å². The van der Waals surface area contributed by atoms with Gasteiger partial charge in [-0.05, 0) is 30.2 Å². The standard InChI is InChI=1S/C14H10F4O2/c1-8-3-2-4-10(13(8)15)9-5-6-11(19)12(7-9)20-14(16,17)18/h2-7,19H,1H3. The molecule has 0 fully saturated rings. The number of rotatable bonds is 2. The highest BCUT2D eigenvalue weighted by atomic mass is 19.4. The average Bonchev–Trinajstić information content (AvgIpc) is 2.34. The first-order valence-electron chi connectivity index (χ1n) is 5.62. The van der Waals surface area contributed by atoms with Crippen LogP contribution in [0.5, 0.6) is 11.5 Å². The monoisotopic (exact) mass is 286 g/mol. The van der Waals surface area contributed by atoms with E-state index in [9.17, 15) is 22.7 Å². The molecular weight excluding hydrogens is 276 g/mol. The van der Waals surface area contributed by atoms with Crippen LogP contribution in [0.1, 0.15) is 5.56 Å². The minimum absolute atomic E-state index is 0.136. The zero-order valence-electron chi connectivity index (χ0n) is 10.3. The maximum absolute atomic E-state index is 13.9. The predicted octanol–water partition coefficient (Wildman–Crippen LogP) is 4.41. The van der Waals surface area contributed by atoms with Crippen LogP contribution in [0.4, 0.5) is 17.6 Å². The van der Waals surface area contributed by atoms with Crippen LogP contribution < -0.4 is 4.74 Å². The van der Waals surface area contributed by atoms with E-state index in [1.165, 1.54) is 12.1 Å². The number of hydrogen-bond acceptors (Lipinski definition) is 2. The number of benzene rings is 2. The first kappa shape index (κ1) is 14.2. The van der Waals surface area contributed by atoms with E-state index in [1.54, 1.807) is 19.1 Å². The van der Waals surface area contributed by atoms with Crippen molar-refractivity contribution in [3.05, 3.63) is 47.8 Å². The molecule has 0 aliphatic rings. The van der Waals surface area contributed by atoms with E-state index >= 15 is 0 Å².